The van der Waals surface area contributed by atoms with E-state index in [1.54, 1.807) is 11.8 Å². The van der Waals surface area contributed by atoms with Crippen LogP contribution in [0.3, 0.4) is 0 Å². The zero-order valence-corrected chi connectivity index (χ0v) is 13.0. The zero-order valence-electron chi connectivity index (χ0n) is 11.4. The summed E-state index contributed by atoms with van der Waals surface area (Å²) in [4.78, 5) is 14.8. The van der Waals surface area contributed by atoms with Gasteiger partial charge in [0, 0.05) is 38.6 Å². The van der Waals surface area contributed by atoms with Crippen LogP contribution in [0.2, 0.25) is 0 Å². The summed E-state index contributed by atoms with van der Waals surface area (Å²) in [6, 6.07) is 0. The van der Waals surface area contributed by atoms with E-state index < -0.39 is 12.7 Å². The molecular weight excluding hydrogens is 318 g/mol. The number of nitrogens with zero attached hydrogens (tertiary/aromatic N) is 2. The molecule has 122 valence electrons. The minimum atomic E-state index is -4.18. The Morgan fingerprint density at radius 1 is 1.20 bits per heavy atom. The third-order valence-corrected chi connectivity index (χ3v) is 3.08. The topological polar surface area (TPSA) is 49.6 Å². The van der Waals surface area contributed by atoms with Gasteiger partial charge in [0.25, 0.3) is 0 Å². The van der Waals surface area contributed by atoms with Crippen LogP contribution in [-0.2, 0) is 4.79 Å². The van der Waals surface area contributed by atoms with Crippen LogP contribution in [0.4, 0.5) is 13.2 Å². The largest absolute Gasteiger partial charge is 0.401 e. The van der Waals surface area contributed by atoms with Gasteiger partial charge >= 0.3 is 6.18 Å². The number of nitrogens with two attached hydrogens (primary N) is 1. The van der Waals surface area contributed by atoms with Gasteiger partial charge in [-0.05, 0) is 6.42 Å². The van der Waals surface area contributed by atoms with Crippen LogP contribution in [0.1, 0.15) is 13.3 Å². The van der Waals surface area contributed by atoms with Gasteiger partial charge in [-0.1, -0.05) is 6.92 Å². The highest BCUT2D eigenvalue weighted by Gasteiger charge is 2.32. The second-order valence-corrected chi connectivity index (χ2v) is 4.71. The standard InChI is InChI=1S/C11H20F3N3O.2ClH/c1-9(7-15)10(18)17-4-2-3-16(5-6-17)8-11(12,13)14;;/h9H,2-8,15H2,1H3;2*1H. The SMILES string of the molecule is CC(CN)C(=O)N1CCCN(CC(F)(F)F)CC1.Cl.Cl. The third-order valence-electron chi connectivity index (χ3n) is 3.08. The number of carbonyl (C=O) groups excluding carboxylic acids is 1. The van der Waals surface area contributed by atoms with Gasteiger partial charge in [-0.2, -0.15) is 13.2 Å². The fraction of sp³-hybridized carbons (Fsp3) is 0.909. The van der Waals surface area contributed by atoms with Gasteiger partial charge < -0.3 is 10.6 Å². The molecule has 2 N–H and O–H groups in total. The Balaban J connectivity index is 0. The summed E-state index contributed by atoms with van der Waals surface area (Å²) in [5.41, 5.74) is 5.42. The molecule has 1 saturated heterocycles. The lowest BCUT2D eigenvalue weighted by atomic mass is 10.1. The molecule has 0 spiro atoms. The van der Waals surface area contributed by atoms with Gasteiger partial charge in [0.1, 0.15) is 0 Å². The Morgan fingerprint density at radius 3 is 2.30 bits per heavy atom. The molecule has 1 aliphatic rings. The summed E-state index contributed by atoms with van der Waals surface area (Å²) in [6.45, 7) is 2.60. The molecule has 0 aromatic carbocycles. The first-order chi connectivity index (χ1) is 8.33. The Labute approximate surface area is 129 Å². The van der Waals surface area contributed by atoms with Crippen LogP contribution >= 0.6 is 24.8 Å². The molecule has 9 heteroatoms. The minimum Gasteiger partial charge on any atom is -0.341 e. The molecule has 0 aliphatic carbocycles. The number of carbonyl (C=O) groups is 1. The van der Waals surface area contributed by atoms with Crippen LogP contribution in [0.25, 0.3) is 0 Å². The van der Waals surface area contributed by atoms with Gasteiger partial charge in [-0.3, -0.25) is 9.69 Å². The maximum Gasteiger partial charge on any atom is 0.401 e. The van der Waals surface area contributed by atoms with Crippen LogP contribution in [-0.4, -0.2) is 61.2 Å². The van der Waals surface area contributed by atoms with Crippen LogP contribution in [0.15, 0.2) is 0 Å². The Hall–Kier alpha value is -0.240. The molecule has 1 fully saturated rings. The van der Waals surface area contributed by atoms with Crippen LogP contribution in [0.5, 0.6) is 0 Å². The monoisotopic (exact) mass is 339 g/mol. The fourth-order valence-corrected chi connectivity index (χ4v) is 2.02. The first-order valence-electron chi connectivity index (χ1n) is 6.11. The quantitative estimate of drug-likeness (QED) is 0.848. The van der Waals surface area contributed by atoms with Crippen molar-refractivity contribution in [3.05, 3.63) is 0 Å². The van der Waals surface area contributed by atoms with Crippen LogP contribution < -0.4 is 5.73 Å². The number of halogens is 5. The summed E-state index contributed by atoms with van der Waals surface area (Å²) in [5, 5.41) is 0. The highest BCUT2D eigenvalue weighted by atomic mass is 35.5. The number of amides is 1. The molecule has 0 bridgehead atoms. The molecule has 1 atom stereocenters. The van der Waals surface area contributed by atoms with Gasteiger partial charge in [0.05, 0.1) is 6.54 Å². The highest BCUT2D eigenvalue weighted by Crippen LogP contribution is 2.17. The molecule has 0 aromatic rings. The van der Waals surface area contributed by atoms with Crippen molar-refractivity contribution in [3.63, 3.8) is 0 Å². The third kappa shape index (κ3) is 7.52. The Bertz CT molecular complexity index is 293. The van der Waals surface area contributed by atoms with Gasteiger partial charge in [-0.15, -0.1) is 24.8 Å². The maximum absolute atomic E-state index is 12.3. The van der Waals surface area contributed by atoms with Gasteiger partial charge in [0.2, 0.25) is 5.91 Å². The number of hydrogen-bond acceptors (Lipinski definition) is 3. The van der Waals surface area contributed by atoms with Gasteiger partial charge in [0.15, 0.2) is 0 Å². The molecule has 4 nitrogen and oxygen atoms in total. The van der Waals surface area contributed by atoms with Crippen molar-refractivity contribution in [3.8, 4) is 0 Å². The fourth-order valence-electron chi connectivity index (χ4n) is 2.02. The van der Waals surface area contributed by atoms with E-state index in [9.17, 15) is 18.0 Å². The molecule has 0 saturated carbocycles. The number of rotatable bonds is 3. The Kier molecular flexibility index (Phi) is 10.6. The van der Waals surface area contributed by atoms with E-state index in [1.807, 2.05) is 0 Å². The van der Waals surface area contributed by atoms with E-state index in [2.05, 4.69) is 0 Å². The average Bonchev–Trinajstić information content (AvgIpc) is 2.50. The lowest BCUT2D eigenvalue weighted by Gasteiger charge is -2.24. The van der Waals surface area contributed by atoms with Crippen molar-refractivity contribution in [2.45, 2.75) is 19.5 Å². The zero-order chi connectivity index (χ0) is 13.8. The second-order valence-electron chi connectivity index (χ2n) is 4.71. The van der Waals surface area contributed by atoms with Crippen LogP contribution in [0, 0.1) is 5.92 Å². The number of hydrogen-bond donors (Lipinski definition) is 1. The molecule has 1 rings (SSSR count). The smallest absolute Gasteiger partial charge is 0.341 e. The lowest BCUT2D eigenvalue weighted by Crippen LogP contribution is -2.41. The lowest BCUT2D eigenvalue weighted by molar-refractivity contribution is -0.145. The van der Waals surface area contributed by atoms with Crippen molar-refractivity contribution in [2.24, 2.45) is 11.7 Å². The van der Waals surface area contributed by atoms with Crippen molar-refractivity contribution >= 4 is 30.7 Å². The number of alkyl halides is 3. The molecule has 0 aromatic heterocycles. The van der Waals surface area contributed by atoms with Crippen molar-refractivity contribution in [1.29, 1.82) is 0 Å². The molecular formula is C11H22Cl2F3N3O. The second kappa shape index (κ2) is 9.65. The maximum atomic E-state index is 12.3. The molecule has 1 amide bonds. The summed E-state index contributed by atoms with van der Waals surface area (Å²) in [7, 11) is 0. The first-order valence-corrected chi connectivity index (χ1v) is 6.11. The summed E-state index contributed by atoms with van der Waals surface area (Å²) < 4.78 is 36.8. The molecule has 1 heterocycles. The normalized spacial score (nSPS) is 18.6. The summed E-state index contributed by atoms with van der Waals surface area (Å²) in [6.07, 6.45) is -3.61. The highest BCUT2D eigenvalue weighted by molar-refractivity contribution is 5.85. The van der Waals surface area contributed by atoms with Crippen molar-refractivity contribution in [1.82, 2.24) is 9.80 Å². The predicted octanol–water partition coefficient (Wildman–Crippen LogP) is 1.52. The van der Waals surface area contributed by atoms with E-state index in [-0.39, 0.29) is 49.7 Å². The van der Waals surface area contributed by atoms with E-state index >= 15 is 0 Å². The van der Waals surface area contributed by atoms with E-state index in [4.69, 9.17) is 5.73 Å². The summed E-state index contributed by atoms with van der Waals surface area (Å²) >= 11 is 0. The van der Waals surface area contributed by atoms with Gasteiger partial charge in [-0.25, -0.2) is 0 Å². The Morgan fingerprint density at radius 2 is 1.80 bits per heavy atom. The van der Waals surface area contributed by atoms with E-state index in [1.165, 1.54) is 4.90 Å². The molecule has 0 radical (unpaired) electrons. The minimum absolute atomic E-state index is 0. The van der Waals surface area contributed by atoms with E-state index in [0.29, 0.717) is 26.1 Å². The predicted molar refractivity (Wildman–Crippen MR) is 76.4 cm³/mol. The van der Waals surface area contributed by atoms with Crippen molar-refractivity contribution < 1.29 is 18.0 Å². The molecule has 1 unspecified atom stereocenters. The first kappa shape index (κ1) is 22.0. The summed E-state index contributed by atoms with van der Waals surface area (Å²) in [5.74, 6) is -0.328. The van der Waals surface area contributed by atoms with E-state index in [0.717, 1.165) is 0 Å². The average molecular weight is 340 g/mol. The van der Waals surface area contributed by atoms with Crippen molar-refractivity contribution in [2.75, 3.05) is 39.3 Å². The molecule has 20 heavy (non-hydrogen) atoms. The molecule has 1 aliphatic heterocycles.